The van der Waals surface area contributed by atoms with Gasteiger partial charge in [0.25, 0.3) is 0 Å². The lowest BCUT2D eigenvalue weighted by Gasteiger charge is -2.12. The van der Waals surface area contributed by atoms with Crippen LogP contribution in [-0.2, 0) is 6.42 Å². The first kappa shape index (κ1) is 13.6. The maximum absolute atomic E-state index is 6.06. The molecule has 1 aromatic rings. The monoisotopic (exact) mass is 261 g/mol. The molecule has 1 rings (SSSR count). The summed E-state index contributed by atoms with van der Waals surface area (Å²) in [6.45, 7) is 2.87. The molecule has 0 aliphatic heterocycles. The number of ether oxygens (including phenoxy) is 1. The fourth-order valence-corrected chi connectivity index (χ4v) is 2.40. The SMILES string of the molecule is COc1c(Cl)cc(CC(C)CCN)cc1Cl. The van der Waals surface area contributed by atoms with Crippen LogP contribution >= 0.6 is 23.2 Å². The van der Waals surface area contributed by atoms with Crippen molar-refractivity contribution in [2.24, 2.45) is 11.7 Å². The quantitative estimate of drug-likeness (QED) is 0.881. The molecule has 2 N–H and O–H groups in total. The molecule has 0 radical (unpaired) electrons. The molecule has 0 aliphatic carbocycles. The first-order valence-electron chi connectivity index (χ1n) is 5.30. The molecule has 1 unspecified atom stereocenters. The summed E-state index contributed by atoms with van der Waals surface area (Å²) in [5.74, 6) is 1.07. The lowest BCUT2D eigenvalue weighted by molar-refractivity contribution is 0.415. The van der Waals surface area contributed by atoms with Crippen molar-refractivity contribution in [3.8, 4) is 5.75 Å². The maximum Gasteiger partial charge on any atom is 0.156 e. The number of nitrogens with two attached hydrogens (primary N) is 1. The van der Waals surface area contributed by atoms with E-state index in [0.717, 1.165) is 18.4 Å². The second-order valence-electron chi connectivity index (χ2n) is 3.98. The Labute approximate surface area is 107 Å². The van der Waals surface area contributed by atoms with Crippen LogP contribution in [0.4, 0.5) is 0 Å². The molecule has 0 saturated carbocycles. The van der Waals surface area contributed by atoms with E-state index in [-0.39, 0.29) is 0 Å². The normalized spacial score (nSPS) is 12.6. The van der Waals surface area contributed by atoms with Crippen molar-refractivity contribution in [3.05, 3.63) is 27.7 Å². The molecule has 90 valence electrons. The lowest BCUT2D eigenvalue weighted by atomic mass is 9.98. The summed E-state index contributed by atoms with van der Waals surface area (Å²) < 4.78 is 5.10. The van der Waals surface area contributed by atoms with Gasteiger partial charge in [0.1, 0.15) is 0 Å². The van der Waals surface area contributed by atoms with Gasteiger partial charge in [0, 0.05) is 0 Å². The van der Waals surface area contributed by atoms with E-state index in [1.165, 1.54) is 0 Å². The Balaban J connectivity index is 2.83. The summed E-state index contributed by atoms with van der Waals surface area (Å²) in [6.07, 6.45) is 1.93. The van der Waals surface area contributed by atoms with E-state index in [0.29, 0.717) is 28.3 Å². The minimum atomic E-state index is 0.533. The number of hydrogen-bond donors (Lipinski definition) is 1. The third-order valence-electron chi connectivity index (χ3n) is 2.51. The van der Waals surface area contributed by atoms with Gasteiger partial charge in [-0.15, -0.1) is 0 Å². The summed E-state index contributed by atoms with van der Waals surface area (Å²) in [4.78, 5) is 0. The van der Waals surface area contributed by atoms with Crippen molar-refractivity contribution in [2.75, 3.05) is 13.7 Å². The standard InChI is InChI=1S/C12H17Cl2NO/c1-8(3-4-15)5-9-6-10(13)12(16-2)11(14)7-9/h6-8H,3-5,15H2,1-2H3. The highest BCUT2D eigenvalue weighted by atomic mass is 35.5. The van der Waals surface area contributed by atoms with Crippen LogP contribution in [0.15, 0.2) is 12.1 Å². The molecule has 0 saturated heterocycles. The Morgan fingerprint density at radius 1 is 1.31 bits per heavy atom. The fraction of sp³-hybridized carbons (Fsp3) is 0.500. The fourth-order valence-electron chi connectivity index (χ4n) is 1.71. The molecule has 0 spiro atoms. The van der Waals surface area contributed by atoms with Gasteiger partial charge in [-0.05, 0) is 43.0 Å². The van der Waals surface area contributed by atoms with Gasteiger partial charge in [0.05, 0.1) is 17.2 Å². The van der Waals surface area contributed by atoms with Crippen molar-refractivity contribution in [2.45, 2.75) is 19.8 Å². The molecule has 0 bridgehead atoms. The third-order valence-corrected chi connectivity index (χ3v) is 3.07. The lowest BCUT2D eigenvalue weighted by Crippen LogP contribution is -2.08. The Morgan fingerprint density at radius 3 is 2.31 bits per heavy atom. The second kappa shape index (κ2) is 6.33. The Bertz CT molecular complexity index is 332. The van der Waals surface area contributed by atoms with Crippen LogP contribution in [0.2, 0.25) is 10.0 Å². The van der Waals surface area contributed by atoms with Crippen molar-refractivity contribution in [3.63, 3.8) is 0 Å². The minimum absolute atomic E-state index is 0.533. The predicted octanol–water partition coefficient (Wildman–Crippen LogP) is 3.53. The zero-order chi connectivity index (χ0) is 12.1. The molecule has 0 aliphatic rings. The van der Waals surface area contributed by atoms with E-state index < -0.39 is 0 Å². The van der Waals surface area contributed by atoms with Crippen LogP contribution in [0, 0.1) is 5.92 Å². The number of hydrogen-bond acceptors (Lipinski definition) is 2. The average molecular weight is 262 g/mol. The smallest absolute Gasteiger partial charge is 0.156 e. The van der Waals surface area contributed by atoms with E-state index in [9.17, 15) is 0 Å². The molecule has 0 amide bonds. The molecule has 1 aromatic carbocycles. The summed E-state index contributed by atoms with van der Waals surface area (Å²) in [6, 6.07) is 3.80. The van der Waals surface area contributed by atoms with Crippen LogP contribution < -0.4 is 10.5 Å². The maximum atomic E-state index is 6.06. The van der Waals surface area contributed by atoms with Gasteiger partial charge < -0.3 is 10.5 Å². The second-order valence-corrected chi connectivity index (χ2v) is 4.79. The highest BCUT2D eigenvalue weighted by molar-refractivity contribution is 6.37. The molecular formula is C12H17Cl2NO. The molecule has 16 heavy (non-hydrogen) atoms. The first-order chi connectivity index (χ1) is 7.58. The Hall–Kier alpha value is -0.440. The van der Waals surface area contributed by atoms with E-state index in [1.807, 2.05) is 12.1 Å². The predicted molar refractivity (Wildman–Crippen MR) is 69.6 cm³/mol. The summed E-state index contributed by atoms with van der Waals surface area (Å²) in [5, 5.41) is 1.12. The van der Waals surface area contributed by atoms with Crippen molar-refractivity contribution in [1.82, 2.24) is 0 Å². The van der Waals surface area contributed by atoms with Gasteiger partial charge in [-0.1, -0.05) is 30.1 Å². The van der Waals surface area contributed by atoms with Crippen LogP contribution in [0.25, 0.3) is 0 Å². The summed E-state index contributed by atoms with van der Waals surface area (Å²) in [5.41, 5.74) is 6.64. The number of benzene rings is 1. The largest absolute Gasteiger partial charge is 0.494 e. The number of rotatable bonds is 5. The first-order valence-corrected chi connectivity index (χ1v) is 6.06. The van der Waals surface area contributed by atoms with Gasteiger partial charge in [-0.3, -0.25) is 0 Å². The van der Waals surface area contributed by atoms with Gasteiger partial charge in [-0.25, -0.2) is 0 Å². The van der Waals surface area contributed by atoms with Gasteiger partial charge in [0.2, 0.25) is 0 Å². The molecule has 0 fully saturated rings. The Kier molecular flexibility index (Phi) is 5.39. The van der Waals surface area contributed by atoms with Crippen LogP contribution in [0.1, 0.15) is 18.9 Å². The van der Waals surface area contributed by atoms with Gasteiger partial charge >= 0.3 is 0 Å². The highest BCUT2D eigenvalue weighted by Gasteiger charge is 2.10. The number of methoxy groups -OCH3 is 1. The average Bonchev–Trinajstić information content (AvgIpc) is 2.17. The zero-order valence-corrected chi connectivity index (χ0v) is 11.1. The molecule has 1 atom stereocenters. The van der Waals surface area contributed by atoms with E-state index in [1.54, 1.807) is 7.11 Å². The van der Waals surface area contributed by atoms with Crippen molar-refractivity contribution >= 4 is 23.2 Å². The van der Waals surface area contributed by atoms with E-state index >= 15 is 0 Å². The summed E-state index contributed by atoms with van der Waals surface area (Å²) >= 11 is 12.1. The van der Waals surface area contributed by atoms with E-state index in [2.05, 4.69) is 6.92 Å². The topological polar surface area (TPSA) is 35.2 Å². The minimum Gasteiger partial charge on any atom is -0.494 e. The summed E-state index contributed by atoms with van der Waals surface area (Å²) in [7, 11) is 1.56. The molecular weight excluding hydrogens is 245 g/mol. The number of halogens is 2. The van der Waals surface area contributed by atoms with Crippen LogP contribution in [0.5, 0.6) is 5.75 Å². The molecule has 0 heterocycles. The van der Waals surface area contributed by atoms with Crippen molar-refractivity contribution in [1.29, 1.82) is 0 Å². The molecule has 4 heteroatoms. The molecule has 0 aromatic heterocycles. The third kappa shape index (κ3) is 3.55. The van der Waals surface area contributed by atoms with Gasteiger partial charge in [0.15, 0.2) is 5.75 Å². The van der Waals surface area contributed by atoms with Crippen molar-refractivity contribution < 1.29 is 4.74 Å². The highest BCUT2D eigenvalue weighted by Crippen LogP contribution is 2.34. The zero-order valence-electron chi connectivity index (χ0n) is 9.59. The van der Waals surface area contributed by atoms with Crippen LogP contribution in [-0.4, -0.2) is 13.7 Å². The van der Waals surface area contributed by atoms with E-state index in [4.69, 9.17) is 33.7 Å². The van der Waals surface area contributed by atoms with Crippen LogP contribution in [0.3, 0.4) is 0 Å². The van der Waals surface area contributed by atoms with Gasteiger partial charge in [-0.2, -0.15) is 0 Å². The molecule has 2 nitrogen and oxygen atoms in total. The Morgan fingerprint density at radius 2 is 1.88 bits per heavy atom.